The van der Waals surface area contributed by atoms with Crippen LogP contribution in [0.4, 0.5) is 0 Å². The van der Waals surface area contributed by atoms with E-state index in [9.17, 15) is 5.11 Å². The Bertz CT molecular complexity index is 1260. The van der Waals surface area contributed by atoms with Gasteiger partial charge in [0.15, 0.2) is 0 Å². The first-order valence-corrected chi connectivity index (χ1v) is 13.6. The van der Waals surface area contributed by atoms with E-state index in [1.807, 2.05) is 24.3 Å². The van der Waals surface area contributed by atoms with Crippen LogP contribution in [0.25, 0.3) is 21.3 Å². The van der Waals surface area contributed by atoms with E-state index in [1.165, 1.54) is 22.0 Å². The lowest BCUT2D eigenvalue weighted by Gasteiger charge is -2.18. The van der Waals surface area contributed by atoms with Crippen LogP contribution in [0.15, 0.2) is 76.5 Å². The van der Waals surface area contributed by atoms with Crippen molar-refractivity contribution < 1.29 is 9.84 Å². The van der Waals surface area contributed by atoms with Crippen molar-refractivity contribution in [3.63, 3.8) is 0 Å². The number of fused-ring (bicyclic) bond motifs is 1. The van der Waals surface area contributed by atoms with Gasteiger partial charge in [-0.25, -0.2) is 11.0 Å². The molecule has 0 radical (unpaired) electrons. The highest BCUT2D eigenvalue weighted by Gasteiger charge is 2.14. The highest BCUT2D eigenvalue weighted by molar-refractivity contribution is 7.13. The summed E-state index contributed by atoms with van der Waals surface area (Å²) in [6.07, 6.45) is 4.23. The lowest BCUT2D eigenvalue weighted by atomic mass is 10.0. The number of aromatic amines is 1. The first-order valence-electron chi connectivity index (χ1n) is 12.7. The molecule has 0 fully saturated rings. The van der Waals surface area contributed by atoms with Crippen LogP contribution in [0.2, 0.25) is 0 Å². The van der Waals surface area contributed by atoms with Crippen molar-refractivity contribution in [1.29, 1.82) is 0 Å². The molecule has 2 unspecified atom stereocenters. The van der Waals surface area contributed by atoms with Crippen molar-refractivity contribution in [3.05, 3.63) is 77.3 Å². The number of hydrazine groups is 1. The molecule has 9 heteroatoms. The van der Waals surface area contributed by atoms with Gasteiger partial charge in [0, 0.05) is 47.2 Å². The number of aromatic nitrogens is 1. The van der Waals surface area contributed by atoms with Gasteiger partial charge in [0.05, 0.1) is 6.54 Å². The Hall–Kier alpha value is -3.24. The van der Waals surface area contributed by atoms with Gasteiger partial charge >= 0.3 is 0 Å². The van der Waals surface area contributed by atoms with Gasteiger partial charge in [-0.2, -0.15) is 5.11 Å². The molecule has 0 aliphatic carbocycles. The molecule has 0 aliphatic heterocycles. The zero-order valence-corrected chi connectivity index (χ0v) is 22.2. The predicted octanol–water partition coefficient (Wildman–Crippen LogP) is 4.88. The summed E-state index contributed by atoms with van der Waals surface area (Å²) in [4.78, 5) is 4.63. The van der Waals surface area contributed by atoms with Crippen molar-refractivity contribution in [2.45, 2.75) is 38.3 Å². The number of hydrogen-bond donors (Lipinski definition) is 5. The normalized spacial score (nSPS) is 13.3. The number of para-hydroxylation sites is 2. The van der Waals surface area contributed by atoms with Gasteiger partial charge in [-0.05, 0) is 60.9 Å². The van der Waals surface area contributed by atoms with E-state index in [0.717, 1.165) is 35.5 Å². The monoisotopic (exact) mass is 520 g/mol. The number of aliphatic hydroxyl groups excluding tert-OH is 1. The topological polar surface area (TPSA) is 106 Å². The number of aryl methyl sites for hydroxylation is 1. The van der Waals surface area contributed by atoms with E-state index in [0.29, 0.717) is 13.1 Å². The van der Waals surface area contributed by atoms with Crippen LogP contribution in [0.1, 0.15) is 24.5 Å². The number of H-pyrrole nitrogens is 1. The molecule has 0 saturated carbocycles. The van der Waals surface area contributed by atoms with Crippen LogP contribution in [0, 0.1) is 0 Å². The predicted molar refractivity (Wildman–Crippen MR) is 151 cm³/mol. The maximum atomic E-state index is 10.6. The van der Waals surface area contributed by atoms with E-state index in [-0.39, 0.29) is 12.6 Å². The molecule has 37 heavy (non-hydrogen) atoms. The fourth-order valence-corrected chi connectivity index (χ4v) is 5.10. The summed E-state index contributed by atoms with van der Waals surface area (Å²) in [6.45, 7) is 3.52. The Morgan fingerprint density at radius 1 is 1.08 bits per heavy atom. The van der Waals surface area contributed by atoms with Gasteiger partial charge in [0.2, 0.25) is 0 Å². The summed E-state index contributed by atoms with van der Waals surface area (Å²) in [7, 11) is 1.75. The first kappa shape index (κ1) is 26.8. The van der Waals surface area contributed by atoms with Gasteiger partial charge in [-0.3, -0.25) is 0 Å². The first-order chi connectivity index (χ1) is 18.2. The molecular weight excluding hydrogens is 484 g/mol. The van der Waals surface area contributed by atoms with Crippen LogP contribution in [0.3, 0.4) is 0 Å². The van der Waals surface area contributed by atoms with E-state index in [2.05, 4.69) is 80.4 Å². The molecule has 4 aromatic rings. The van der Waals surface area contributed by atoms with Crippen LogP contribution < -0.4 is 21.0 Å². The van der Waals surface area contributed by atoms with E-state index < -0.39 is 6.10 Å². The van der Waals surface area contributed by atoms with Crippen molar-refractivity contribution in [1.82, 2.24) is 21.3 Å². The highest BCUT2D eigenvalue weighted by Crippen LogP contribution is 2.33. The molecule has 2 aromatic heterocycles. The molecule has 0 saturated heterocycles. The maximum absolute atomic E-state index is 10.6. The molecule has 0 bridgehead atoms. The molecular formula is C28H36N6O2S. The Morgan fingerprint density at radius 3 is 2.81 bits per heavy atom. The van der Waals surface area contributed by atoms with Gasteiger partial charge in [-0.15, -0.1) is 11.3 Å². The van der Waals surface area contributed by atoms with Crippen LogP contribution >= 0.6 is 11.3 Å². The fourth-order valence-electron chi connectivity index (χ4n) is 4.34. The minimum absolute atomic E-state index is 0.204. The second kappa shape index (κ2) is 13.9. The second-order valence-electron chi connectivity index (χ2n) is 9.04. The molecule has 196 valence electrons. The fraction of sp³-hybridized carbons (Fsp3) is 0.357. The summed E-state index contributed by atoms with van der Waals surface area (Å²) in [6, 6.07) is 18.7. The molecule has 2 atom stereocenters. The summed E-state index contributed by atoms with van der Waals surface area (Å²) in [5.41, 5.74) is 10.1. The number of ether oxygens (including phenoxy) is 1. The van der Waals surface area contributed by atoms with Crippen LogP contribution in [0.5, 0.6) is 5.75 Å². The SMILES string of the molecule is CNNN=NCCCc1cccc2c(CC(C)NCC(O)COc3ccccc3-c3cccs3)c[nH]c12. The number of thiophene rings is 1. The zero-order valence-electron chi connectivity index (χ0n) is 21.4. The number of nitrogens with zero attached hydrogens (tertiary/aromatic N) is 2. The van der Waals surface area contributed by atoms with Crippen molar-refractivity contribution in [2.24, 2.45) is 10.3 Å². The van der Waals surface area contributed by atoms with Gasteiger partial charge in [-0.1, -0.05) is 41.6 Å². The molecule has 0 amide bonds. The smallest absolute Gasteiger partial charge is 0.128 e. The van der Waals surface area contributed by atoms with Crippen molar-refractivity contribution in [2.75, 3.05) is 26.7 Å². The molecule has 5 N–H and O–H groups in total. The Morgan fingerprint density at radius 2 is 1.97 bits per heavy atom. The van der Waals surface area contributed by atoms with E-state index in [4.69, 9.17) is 4.74 Å². The van der Waals surface area contributed by atoms with Crippen LogP contribution in [-0.4, -0.2) is 49.0 Å². The zero-order chi connectivity index (χ0) is 25.9. The standard InChI is InChI=1S/C28H36N6O2S/c1-20(30-18-23(35)19-36-26-12-4-3-10-25(26)27-13-7-15-37-27)16-22-17-31-28-21(8-5-11-24(22)28)9-6-14-32-34-33-29-2/h3-5,7-8,10-13,15,17,20,23,30-31,35H,6,9,14,16,18-19H2,1-2H3,(H,29,34)(H,32,33). The highest BCUT2D eigenvalue weighted by atomic mass is 32.1. The third-order valence-corrected chi connectivity index (χ3v) is 7.06. The molecule has 0 spiro atoms. The van der Waals surface area contributed by atoms with Crippen LogP contribution in [-0.2, 0) is 12.8 Å². The lowest BCUT2D eigenvalue weighted by Crippen LogP contribution is -2.37. The van der Waals surface area contributed by atoms with E-state index >= 15 is 0 Å². The summed E-state index contributed by atoms with van der Waals surface area (Å²) in [5.74, 6) is 0.796. The minimum atomic E-state index is -0.603. The summed E-state index contributed by atoms with van der Waals surface area (Å²) >= 11 is 1.68. The Balaban J connectivity index is 1.25. The quantitative estimate of drug-likeness (QED) is 0.0873. The lowest BCUT2D eigenvalue weighted by molar-refractivity contribution is 0.104. The third kappa shape index (κ3) is 7.62. The van der Waals surface area contributed by atoms with Gasteiger partial charge in [0.25, 0.3) is 0 Å². The third-order valence-electron chi connectivity index (χ3n) is 6.16. The molecule has 4 rings (SSSR count). The summed E-state index contributed by atoms with van der Waals surface area (Å²) in [5, 5.41) is 25.2. The van der Waals surface area contributed by atoms with E-state index in [1.54, 1.807) is 18.4 Å². The maximum Gasteiger partial charge on any atom is 0.128 e. The van der Waals surface area contributed by atoms with Crippen molar-refractivity contribution in [3.8, 4) is 16.2 Å². The molecule has 2 aromatic carbocycles. The number of hydrogen-bond acceptors (Lipinski definition) is 7. The van der Waals surface area contributed by atoms with Gasteiger partial charge in [0.1, 0.15) is 18.5 Å². The summed E-state index contributed by atoms with van der Waals surface area (Å²) < 4.78 is 5.98. The molecule has 0 aliphatic rings. The Labute approximate surface area is 222 Å². The van der Waals surface area contributed by atoms with Crippen molar-refractivity contribution >= 4 is 22.2 Å². The average Bonchev–Trinajstić information content (AvgIpc) is 3.60. The Kier molecular flexibility index (Phi) is 10.1. The number of nitrogens with one attached hydrogen (secondary N) is 4. The minimum Gasteiger partial charge on any atom is -0.490 e. The molecule has 2 heterocycles. The second-order valence-corrected chi connectivity index (χ2v) is 9.98. The number of rotatable bonds is 15. The van der Waals surface area contributed by atoms with Gasteiger partial charge < -0.3 is 20.1 Å². The molecule has 8 nitrogen and oxygen atoms in total. The number of benzene rings is 2. The largest absolute Gasteiger partial charge is 0.490 e. The number of aliphatic hydroxyl groups is 1. The average molecular weight is 521 g/mol.